The predicted octanol–water partition coefficient (Wildman–Crippen LogP) is 1.67. The number of alkyl halides is 1. The summed E-state index contributed by atoms with van der Waals surface area (Å²) < 4.78 is 1.68. The summed E-state index contributed by atoms with van der Waals surface area (Å²) in [7, 11) is 0. The number of fused-ring (bicyclic) bond motifs is 1. The second-order valence-electron chi connectivity index (χ2n) is 3.11. The molecular weight excluding hydrogens is 236 g/mol. The van der Waals surface area contributed by atoms with Gasteiger partial charge in [-0.2, -0.15) is 4.98 Å². The first kappa shape index (κ1) is 10.4. The van der Waals surface area contributed by atoms with Gasteiger partial charge >= 0.3 is 0 Å². The average Bonchev–Trinajstić information content (AvgIpc) is 2.69. The third kappa shape index (κ3) is 1.95. The van der Waals surface area contributed by atoms with Gasteiger partial charge in [0.1, 0.15) is 5.38 Å². The summed E-state index contributed by atoms with van der Waals surface area (Å²) in [6, 6.07) is 0. The summed E-state index contributed by atoms with van der Waals surface area (Å²) in [5.41, 5.74) is 0.988. The van der Waals surface area contributed by atoms with Gasteiger partial charge in [-0.3, -0.25) is 10.1 Å². The van der Waals surface area contributed by atoms with Crippen molar-refractivity contribution in [2.75, 3.05) is 5.32 Å². The van der Waals surface area contributed by atoms with Crippen molar-refractivity contribution in [3.05, 3.63) is 11.1 Å². The molecule has 7 heteroatoms. The minimum absolute atomic E-state index is 0.294. The third-order valence-electron chi connectivity index (χ3n) is 1.84. The molecule has 0 aliphatic carbocycles. The van der Waals surface area contributed by atoms with E-state index in [2.05, 4.69) is 15.4 Å². The Morgan fingerprint density at radius 3 is 3.07 bits per heavy atom. The molecule has 0 fully saturated rings. The number of aryl methyl sites for hydroxylation is 1. The maximum Gasteiger partial charge on any atom is 0.250 e. The Morgan fingerprint density at radius 2 is 2.47 bits per heavy atom. The van der Waals surface area contributed by atoms with Gasteiger partial charge in [-0.05, 0) is 13.8 Å². The zero-order chi connectivity index (χ0) is 11.0. The molecule has 0 aliphatic rings. The van der Waals surface area contributed by atoms with Gasteiger partial charge in [-0.15, -0.1) is 28.0 Å². The number of carbonyl (C=O) groups is 1. The molecule has 0 aliphatic heterocycles. The van der Waals surface area contributed by atoms with Gasteiger partial charge in [0.05, 0.1) is 5.69 Å². The maximum atomic E-state index is 11.3. The van der Waals surface area contributed by atoms with Crippen LogP contribution in [0.4, 0.5) is 5.95 Å². The summed E-state index contributed by atoms with van der Waals surface area (Å²) >= 11 is 7.09. The smallest absolute Gasteiger partial charge is 0.250 e. The van der Waals surface area contributed by atoms with Crippen LogP contribution in [-0.2, 0) is 4.79 Å². The normalized spacial score (nSPS) is 13.0. The number of aromatic nitrogens is 3. The van der Waals surface area contributed by atoms with E-state index >= 15 is 0 Å². The molecule has 0 bridgehead atoms. The molecule has 1 amide bonds. The van der Waals surface area contributed by atoms with Crippen LogP contribution in [0.1, 0.15) is 12.6 Å². The Labute approximate surface area is 95.1 Å². The van der Waals surface area contributed by atoms with Gasteiger partial charge in [0.25, 0.3) is 0 Å². The lowest BCUT2D eigenvalue weighted by Crippen LogP contribution is -2.21. The lowest BCUT2D eigenvalue weighted by Gasteiger charge is -2.00. The van der Waals surface area contributed by atoms with Crippen LogP contribution >= 0.6 is 22.9 Å². The summed E-state index contributed by atoms with van der Waals surface area (Å²) in [6.45, 7) is 3.52. The molecule has 5 nitrogen and oxygen atoms in total. The fourth-order valence-corrected chi connectivity index (χ4v) is 1.91. The second-order valence-corrected chi connectivity index (χ2v) is 4.60. The topological polar surface area (TPSA) is 59.3 Å². The van der Waals surface area contributed by atoms with Crippen molar-refractivity contribution in [2.24, 2.45) is 0 Å². The molecule has 2 aromatic heterocycles. The summed E-state index contributed by atoms with van der Waals surface area (Å²) in [5, 5.41) is 8.02. The number of rotatable bonds is 2. The third-order valence-corrected chi connectivity index (χ3v) is 2.97. The van der Waals surface area contributed by atoms with E-state index in [1.807, 2.05) is 12.3 Å². The van der Waals surface area contributed by atoms with Crippen LogP contribution < -0.4 is 5.32 Å². The monoisotopic (exact) mass is 244 g/mol. The highest BCUT2D eigenvalue weighted by Gasteiger charge is 2.13. The standard InChI is InChI=1S/C8H9ClN4OS/c1-4-3-15-8-11-7(12-13(4)8)10-6(14)5(2)9/h3,5H,1-2H3,(H,10,12,14). The quantitative estimate of drug-likeness (QED) is 0.818. The Kier molecular flexibility index (Phi) is 2.62. The van der Waals surface area contributed by atoms with Crippen LogP contribution in [0.3, 0.4) is 0 Å². The second kappa shape index (κ2) is 3.79. The van der Waals surface area contributed by atoms with E-state index in [4.69, 9.17) is 11.6 Å². The molecule has 80 valence electrons. The first-order valence-electron chi connectivity index (χ1n) is 4.33. The first-order chi connectivity index (χ1) is 7.08. The molecule has 1 N–H and O–H groups in total. The Hall–Kier alpha value is -1.14. The van der Waals surface area contributed by atoms with E-state index in [1.54, 1.807) is 11.4 Å². The number of anilines is 1. The Bertz CT molecular complexity index is 504. The van der Waals surface area contributed by atoms with Crippen molar-refractivity contribution in [3.63, 3.8) is 0 Å². The van der Waals surface area contributed by atoms with E-state index in [0.717, 1.165) is 10.7 Å². The lowest BCUT2D eigenvalue weighted by atomic mass is 10.4. The highest BCUT2D eigenvalue weighted by atomic mass is 35.5. The van der Waals surface area contributed by atoms with Crippen LogP contribution in [0.25, 0.3) is 4.96 Å². The SMILES string of the molecule is Cc1csc2nc(NC(=O)C(C)Cl)nn12. The molecule has 0 aromatic carbocycles. The number of hydrogen-bond donors (Lipinski definition) is 1. The van der Waals surface area contributed by atoms with E-state index in [0.29, 0.717) is 5.95 Å². The number of carbonyl (C=O) groups excluding carboxylic acids is 1. The minimum atomic E-state index is -0.590. The molecule has 2 heterocycles. The molecule has 1 unspecified atom stereocenters. The van der Waals surface area contributed by atoms with Crippen molar-refractivity contribution in [1.82, 2.24) is 14.6 Å². The highest BCUT2D eigenvalue weighted by molar-refractivity contribution is 7.15. The largest absolute Gasteiger partial charge is 0.292 e. The van der Waals surface area contributed by atoms with Crippen LogP contribution in [0.5, 0.6) is 0 Å². The number of hydrogen-bond acceptors (Lipinski definition) is 4. The first-order valence-corrected chi connectivity index (χ1v) is 5.65. The van der Waals surface area contributed by atoms with E-state index in [9.17, 15) is 4.79 Å². The van der Waals surface area contributed by atoms with Crippen LogP contribution in [0, 0.1) is 6.92 Å². The van der Waals surface area contributed by atoms with Crippen molar-refractivity contribution >= 4 is 39.8 Å². The van der Waals surface area contributed by atoms with E-state index in [1.165, 1.54) is 11.3 Å². The summed E-state index contributed by atoms with van der Waals surface area (Å²) in [4.78, 5) is 16.2. The zero-order valence-corrected chi connectivity index (χ0v) is 9.76. The van der Waals surface area contributed by atoms with Crippen molar-refractivity contribution < 1.29 is 4.79 Å². The zero-order valence-electron chi connectivity index (χ0n) is 8.19. The number of thiazole rings is 1. The van der Waals surface area contributed by atoms with Gasteiger partial charge < -0.3 is 0 Å². The van der Waals surface area contributed by atoms with Crippen LogP contribution in [0.15, 0.2) is 5.38 Å². The van der Waals surface area contributed by atoms with Gasteiger partial charge in [0.2, 0.25) is 16.8 Å². The summed E-state index contributed by atoms with van der Waals surface area (Å²) in [6.07, 6.45) is 0. The summed E-state index contributed by atoms with van der Waals surface area (Å²) in [5.74, 6) is -0.00461. The Balaban J connectivity index is 2.26. The maximum absolute atomic E-state index is 11.3. The molecule has 15 heavy (non-hydrogen) atoms. The molecule has 0 saturated heterocycles. The van der Waals surface area contributed by atoms with E-state index in [-0.39, 0.29) is 5.91 Å². The lowest BCUT2D eigenvalue weighted by molar-refractivity contribution is -0.115. The molecular formula is C8H9ClN4OS. The van der Waals surface area contributed by atoms with Gasteiger partial charge in [0, 0.05) is 5.38 Å². The van der Waals surface area contributed by atoms with Gasteiger partial charge in [-0.25, -0.2) is 4.52 Å². The molecule has 2 aromatic rings. The molecule has 0 saturated carbocycles. The predicted molar refractivity (Wildman–Crippen MR) is 59.5 cm³/mol. The number of nitrogens with zero attached hydrogens (tertiary/aromatic N) is 3. The number of amides is 1. The number of halogens is 1. The van der Waals surface area contributed by atoms with Crippen LogP contribution in [0.2, 0.25) is 0 Å². The van der Waals surface area contributed by atoms with E-state index < -0.39 is 5.38 Å². The van der Waals surface area contributed by atoms with Gasteiger partial charge in [-0.1, -0.05) is 0 Å². The van der Waals surface area contributed by atoms with Gasteiger partial charge in [0.15, 0.2) is 0 Å². The molecule has 0 spiro atoms. The molecule has 1 atom stereocenters. The Morgan fingerprint density at radius 1 is 1.73 bits per heavy atom. The fourth-order valence-electron chi connectivity index (χ4n) is 1.05. The van der Waals surface area contributed by atoms with Crippen molar-refractivity contribution in [3.8, 4) is 0 Å². The molecule has 0 radical (unpaired) electrons. The fraction of sp³-hybridized carbons (Fsp3) is 0.375. The molecule has 2 rings (SSSR count). The minimum Gasteiger partial charge on any atom is -0.292 e. The van der Waals surface area contributed by atoms with Crippen molar-refractivity contribution in [2.45, 2.75) is 19.2 Å². The van der Waals surface area contributed by atoms with Crippen molar-refractivity contribution in [1.29, 1.82) is 0 Å². The highest BCUT2D eigenvalue weighted by Crippen LogP contribution is 2.15. The average molecular weight is 245 g/mol. The van der Waals surface area contributed by atoms with Crippen LogP contribution in [-0.4, -0.2) is 25.9 Å². The number of nitrogens with one attached hydrogen (secondary N) is 1.